The molecule has 0 bridgehead atoms. The molecule has 1 atom stereocenters. The highest BCUT2D eigenvalue weighted by Gasteiger charge is 2.19. The maximum Gasteiger partial charge on any atom is 0.218 e. The molecule has 0 N–H and O–H groups in total. The zero-order valence-corrected chi connectivity index (χ0v) is 11.0. The van der Waals surface area contributed by atoms with Crippen molar-refractivity contribution in [2.75, 3.05) is 13.6 Å². The molecular weight excluding hydrogens is 246 g/mol. The third-order valence-corrected chi connectivity index (χ3v) is 4.11. The second kappa shape index (κ2) is 5.66. The van der Waals surface area contributed by atoms with Crippen molar-refractivity contribution in [1.29, 1.82) is 0 Å². The van der Waals surface area contributed by atoms with Crippen LogP contribution in [0.25, 0.3) is 0 Å². The SMILES string of the molecule is CC(Cl)CN(C)S(=O)(=O)Cc1ccccc1. The lowest BCUT2D eigenvalue weighted by atomic mass is 10.2. The summed E-state index contributed by atoms with van der Waals surface area (Å²) in [5.41, 5.74) is 0.788. The molecule has 0 aromatic heterocycles. The monoisotopic (exact) mass is 261 g/mol. The number of alkyl halides is 1. The molecule has 0 amide bonds. The van der Waals surface area contributed by atoms with E-state index in [-0.39, 0.29) is 11.1 Å². The molecule has 0 aliphatic heterocycles. The van der Waals surface area contributed by atoms with Gasteiger partial charge in [0.2, 0.25) is 10.0 Å². The van der Waals surface area contributed by atoms with Crippen molar-refractivity contribution >= 4 is 21.6 Å². The highest BCUT2D eigenvalue weighted by molar-refractivity contribution is 7.88. The normalized spacial score (nSPS) is 14.0. The van der Waals surface area contributed by atoms with Gasteiger partial charge in [0.1, 0.15) is 0 Å². The molecule has 0 aliphatic carbocycles. The maximum absolute atomic E-state index is 11.9. The van der Waals surface area contributed by atoms with Crippen LogP contribution >= 0.6 is 11.6 Å². The molecule has 0 spiro atoms. The second-order valence-electron chi connectivity index (χ2n) is 3.80. The van der Waals surface area contributed by atoms with Gasteiger partial charge in [-0.2, -0.15) is 0 Å². The maximum atomic E-state index is 11.9. The lowest BCUT2D eigenvalue weighted by molar-refractivity contribution is 0.469. The molecule has 0 fully saturated rings. The summed E-state index contributed by atoms with van der Waals surface area (Å²) in [6.45, 7) is 2.10. The van der Waals surface area contributed by atoms with Gasteiger partial charge in [-0.1, -0.05) is 30.3 Å². The van der Waals surface area contributed by atoms with E-state index in [2.05, 4.69) is 0 Å². The Balaban J connectivity index is 2.72. The molecule has 90 valence electrons. The summed E-state index contributed by atoms with van der Waals surface area (Å²) in [4.78, 5) is 0. The van der Waals surface area contributed by atoms with Crippen molar-refractivity contribution in [3.8, 4) is 0 Å². The molecular formula is C11H16ClNO2S. The third-order valence-electron chi connectivity index (χ3n) is 2.18. The lowest BCUT2D eigenvalue weighted by Crippen LogP contribution is -2.32. The first kappa shape index (κ1) is 13.5. The fourth-order valence-electron chi connectivity index (χ4n) is 1.36. The van der Waals surface area contributed by atoms with Crippen LogP contribution in [0.4, 0.5) is 0 Å². The summed E-state index contributed by atoms with van der Waals surface area (Å²) >= 11 is 5.78. The highest BCUT2D eigenvalue weighted by Crippen LogP contribution is 2.10. The summed E-state index contributed by atoms with van der Waals surface area (Å²) in [5.74, 6) is 0.0218. The molecule has 0 aliphatic rings. The third kappa shape index (κ3) is 4.12. The number of hydrogen-bond acceptors (Lipinski definition) is 2. The van der Waals surface area contributed by atoms with Crippen molar-refractivity contribution in [3.63, 3.8) is 0 Å². The van der Waals surface area contributed by atoms with E-state index in [1.807, 2.05) is 18.2 Å². The van der Waals surface area contributed by atoms with E-state index in [1.54, 1.807) is 26.1 Å². The van der Waals surface area contributed by atoms with Crippen molar-refractivity contribution in [3.05, 3.63) is 35.9 Å². The molecule has 5 heteroatoms. The van der Waals surface area contributed by atoms with Crippen molar-refractivity contribution in [2.45, 2.75) is 18.1 Å². The minimum atomic E-state index is -3.26. The lowest BCUT2D eigenvalue weighted by Gasteiger charge is -2.18. The van der Waals surface area contributed by atoms with E-state index in [4.69, 9.17) is 11.6 Å². The van der Waals surface area contributed by atoms with Crippen molar-refractivity contribution in [1.82, 2.24) is 4.31 Å². The first-order valence-corrected chi connectivity index (χ1v) is 7.08. The standard InChI is InChI=1S/C11H16ClNO2S/c1-10(12)8-13(2)16(14,15)9-11-6-4-3-5-7-11/h3-7,10H,8-9H2,1-2H3. The van der Waals surface area contributed by atoms with Gasteiger partial charge in [-0.25, -0.2) is 12.7 Å². The molecule has 1 rings (SSSR count). The number of nitrogens with zero attached hydrogens (tertiary/aromatic N) is 1. The molecule has 3 nitrogen and oxygen atoms in total. The van der Waals surface area contributed by atoms with Gasteiger partial charge in [0.05, 0.1) is 5.75 Å². The van der Waals surface area contributed by atoms with Crippen LogP contribution in [0.15, 0.2) is 30.3 Å². The Morgan fingerprint density at radius 1 is 1.31 bits per heavy atom. The Morgan fingerprint density at radius 2 is 1.88 bits per heavy atom. The Bertz CT molecular complexity index is 417. The van der Waals surface area contributed by atoms with Crippen LogP contribution in [0, 0.1) is 0 Å². The van der Waals surface area contributed by atoms with Crippen LogP contribution in [0.5, 0.6) is 0 Å². The molecule has 0 radical (unpaired) electrons. The zero-order valence-electron chi connectivity index (χ0n) is 9.43. The van der Waals surface area contributed by atoms with Gasteiger partial charge in [-0.05, 0) is 12.5 Å². The summed E-state index contributed by atoms with van der Waals surface area (Å²) in [6, 6.07) is 9.12. The van der Waals surface area contributed by atoms with Gasteiger partial charge < -0.3 is 0 Å². The Hall–Kier alpha value is -0.580. The minimum Gasteiger partial charge on any atom is -0.212 e. The topological polar surface area (TPSA) is 37.4 Å². The summed E-state index contributed by atoms with van der Waals surface area (Å²) in [5, 5.41) is -0.185. The first-order valence-electron chi connectivity index (χ1n) is 5.04. The number of sulfonamides is 1. The smallest absolute Gasteiger partial charge is 0.212 e. The van der Waals surface area contributed by atoms with Gasteiger partial charge >= 0.3 is 0 Å². The quantitative estimate of drug-likeness (QED) is 0.761. The van der Waals surface area contributed by atoms with Crippen LogP contribution in [-0.4, -0.2) is 31.7 Å². The van der Waals surface area contributed by atoms with Gasteiger partial charge in [0, 0.05) is 19.0 Å². The average Bonchev–Trinajstić information content (AvgIpc) is 2.17. The molecule has 0 saturated heterocycles. The minimum absolute atomic E-state index is 0.0218. The van der Waals surface area contributed by atoms with Gasteiger partial charge in [0.25, 0.3) is 0 Å². The average molecular weight is 262 g/mol. The Morgan fingerprint density at radius 3 is 2.38 bits per heavy atom. The summed E-state index contributed by atoms with van der Waals surface area (Å²) in [6.07, 6.45) is 0. The fourth-order valence-corrected chi connectivity index (χ4v) is 2.94. The molecule has 1 aromatic rings. The number of hydrogen-bond donors (Lipinski definition) is 0. The number of halogens is 1. The Labute approximate surface area is 102 Å². The fraction of sp³-hybridized carbons (Fsp3) is 0.455. The number of rotatable bonds is 5. The van der Waals surface area contributed by atoms with Gasteiger partial charge in [0.15, 0.2) is 0 Å². The van der Waals surface area contributed by atoms with E-state index in [9.17, 15) is 8.42 Å². The van der Waals surface area contributed by atoms with E-state index in [1.165, 1.54) is 4.31 Å². The van der Waals surface area contributed by atoms with Crippen LogP contribution in [0.3, 0.4) is 0 Å². The van der Waals surface area contributed by atoms with Gasteiger partial charge in [-0.15, -0.1) is 11.6 Å². The predicted octanol–water partition coefficient (Wildman–Crippen LogP) is 2.08. The van der Waals surface area contributed by atoms with Crippen LogP contribution in [0.1, 0.15) is 12.5 Å². The van der Waals surface area contributed by atoms with Crippen LogP contribution in [0.2, 0.25) is 0 Å². The second-order valence-corrected chi connectivity index (χ2v) is 6.62. The van der Waals surface area contributed by atoms with E-state index >= 15 is 0 Å². The number of benzene rings is 1. The highest BCUT2D eigenvalue weighted by atomic mass is 35.5. The zero-order chi connectivity index (χ0) is 12.2. The van der Waals surface area contributed by atoms with E-state index in [0.717, 1.165) is 5.56 Å². The van der Waals surface area contributed by atoms with Crippen LogP contribution < -0.4 is 0 Å². The molecule has 0 saturated carbocycles. The van der Waals surface area contributed by atoms with Crippen molar-refractivity contribution in [2.24, 2.45) is 0 Å². The summed E-state index contributed by atoms with van der Waals surface area (Å²) < 4.78 is 25.1. The largest absolute Gasteiger partial charge is 0.218 e. The van der Waals surface area contributed by atoms with Crippen LogP contribution in [-0.2, 0) is 15.8 Å². The van der Waals surface area contributed by atoms with Crippen molar-refractivity contribution < 1.29 is 8.42 Å². The van der Waals surface area contributed by atoms with Gasteiger partial charge in [-0.3, -0.25) is 0 Å². The Kier molecular flexibility index (Phi) is 4.77. The predicted molar refractivity (Wildman–Crippen MR) is 67.0 cm³/mol. The molecule has 0 heterocycles. The van der Waals surface area contributed by atoms with E-state index < -0.39 is 10.0 Å². The molecule has 16 heavy (non-hydrogen) atoms. The first-order chi connectivity index (χ1) is 7.42. The summed E-state index contributed by atoms with van der Waals surface area (Å²) in [7, 11) is -1.71. The molecule has 1 aromatic carbocycles. The molecule has 1 unspecified atom stereocenters. The van der Waals surface area contributed by atoms with E-state index in [0.29, 0.717) is 6.54 Å².